The maximum atomic E-state index is 12.7. The first-order valence-electron chi connectivity index (χ1n) is 8.31. The highest BCUT2D eigenvalue weighted by molar-refractivity contribution is 8.00. The molecule has 2 rings (SSSR count). The number of amides is 1. The third kappa shape index (κ3) is 4.29. The van der Waals surface area contributed by atoms with Gasteiger partial charge in [-0.15, -0.1) is 0 Å². The summed E-state index contributed by atoms with van der Waals surface area (Å²) in [6.07, 6.45) is 4.63. The zero-order valence-electron chi connectivity index (χ0n) is 14.9. The minimum atomic E-state index is -0.508. The van der Waals surface area contributed by atoms with Crippen molar-refractivity contribution < 1.29 is 9.21 Å². The van der Waals surface area contributed by atoms with E-state index >= 15 is 0 Å². The third-order valence-corrected chi connectivity index (χ3v) is 5.87. The summed E-state index contributed by atoms with van der Waals surface area (Å²) in [7, 11) is 0. The van der Waals surface area contributed by atoms with Gasteiger partial charge in [-0.1, -0.05) is 13.8 Å². The molecule has 2 N–H and O–H groups in total. The summed E-state index contributed by atoms with van der Waals surface area (Å²) in [5.41, 5.74) is 7.09. The summed E-state index contributed by atoms with van der Waals surface area (Å²) in [6, 6.07) is -0.508. The van der Waals surface area contributed by atoms with Gasteiger partial charge in [-0.05, 0) is 32.4 Å². The van der Waals surface area contributed by atoms with Crippen molar-refractivity contribution in [3.05, 3.63) is 17.3 Å². The van der Waals surface area contributed by atoms with Crippen LogP contribution in [0.1, 0.15) is 51.5 Å². The van der Waals surface area contributed by atoms with Gasteiger partial charge in [-0.2, -0.15) is 11.8 Å². The van der Waals surface area contributed by atoms with Crippen molar-refractivity contribution >= 4 is 17.7 Å². The average molecular weight is 340 g/mol. The molecule has 1 aliphatic rings. The van der Waals surface area contributed by atoms with Crippen LogP contribution in [0.4, 0.5) is 0 Å². The van der Waals surface area contributed by atoms with E-state index in [4.69, 9.17) is 10.2 Å². The second-order valence-corrected chi connectivity index (χ2v) is 8.67. The lowest BCUT2D eigenvalue weighted by Crippen LogP contribution is -2.54. The van der Waals surface area contributed by atoms with Gasteiger partial charge in [-0.3, -0.25) is 4.79 Å². The highest BCUT2D eigenvalue weighted by Crippen LogP contribution is 2.27. The lowest BCUT2D eigenvalue weighted by molar-refractivity contribution is -0.134. The summed E-state index contributed by atoms with van der Waals surface area (Å²) >= 11 is 1.62. The number of rotatable bonds is 6. The van der Waals surface area contributed by atoms with E-state index in [0.29, 0.717) is 19.0 Å². The average Bonchev–Trinajstić information content (AvgIpc) is 2.93. The summed E-state index contributed by atoms with van der Waals surface area (Å²) in [5, 5.41) is 0. The van der Waals surface area contributed by atoms with Gasteiger partial charge < -0.3 is 15.1 Å². The van der Waals surface area contributed by atoms with Gasteiger partial charge in [0.1, 0.15) is 11.5 Å². The Kier molecular flexibility index (Phi) is 5.79. The minimum absolute atomic E-state index is 0.00160. The molecule has 130 valence electrons. The Morgan fingerprint density at radius 3 is 2.78 bits per heavy atom. The van der Waals surface area contributed by atoms with Crippen LogP contribution in [0.5, 0.6) is 0 Å². The van der Waals surface area contributed by atoms with Crippen molar-refractivity contribution in [1.29, 1.82) is 0 Å². The molecule has 1 aromatic heterocycles. The van der Waals surface area contributed by atoms with Crippen molar-refractivity contribution in [1.82, 2.24) is 9.88 Å². The van der Waals surface area contributed by atoms with Crippen molar-refractivity contribution in [2.24, 2.45) is 11.7 Å². The smallest absolute Gasteiger partial charge is 0.241 e. The van der Waals surface area contributed by atoms with Crippen LogP contribution in [0.3, 0.4) is 0 Å². The number of carbonyl (C=O) groups excluding carboxylic acids is 1. The van der Waals surface area contributed by atoms with Crippen molar-refractivity contribution in [2.45, 2.75) is 64.3 Å². The Bertz CT molecular complexity index is 554. The predicted octanol–water partition coefficient (Wildman–Crippen LogP) is 2.62. The molecule has 0 fully saturated rings. The maximum absolute atomic E-state index is 12.7. The molecule has 5 nitrogen and oxygen atoms in total. The quantitative estimate of drug-likeness (QED) is 0.862. The number of aromatic nitrogens is 1. The fourth-order valence-electron chi connectivity index (χ4n) is 2.58. The number of hydrogen-bond acceptors (Lipinski definition) is 5. The van der Waals surface area contributed by atoms with E-state index < -0.39 is 6.04 Å². The molecule has 0 aromatic carbocycles. The summed E-state index contributed by atoms with van der Waals surface area (Å²) in [4.78, 5) is 19.1. The molecule has 2 heterocycles. The number of nitrogens with two attached hydrogens (primary N) is 1. The Labute approximate surface area is 143 Å². The number of aryl methyl sites for hydroxylation is 1. The van der Waals surface area contributed by atoms with Crippen LogP contribution in [0.2, 0.25) is 0 Å². The number of nitrogens with zero attached hydrogens (tertiary/aromatic N) is 2. The molecule has 23 heavy (non-hydrogen) atoms. The van der Waals surface area contributed by atoms with E-state index in [1.165, 1.54) is 0 Å². The first-order chi connectivity index (χ1) is 10.7. The van der Waals surface area contributed by atoms with Crippen LogP contribution in [0.15, 0.2) is 4.42 Å². The molecule has 0 aliphatic carbocycles. The summed E-state index contributed by atoms with van der Waals surface area (Å²) in [5.74, 6) is 2.36. The Morgan fingerprint density at radius 1 is 1.48 bits per heavy atom. The molecule has 0 radical (unpaired) electrons. The Morgan fingerprint density at radius 2 is 2.17 bits per heavy atom. The van der Waals surface area contributed by atoms with E-state index in [2.05, 4.69) is 18.8 Å². The first kappa shape index (κ1) is 18.3. The molecule has 6 heteroatoms. The fraction of sp³-hybridized carbons (Fsp3) is 0.765. The maximum Gasteiger partial charge on any atom is 0.241 e. The molecular weight excluding hydrogens is 310 g/mol. The second-order valence-electron chi connectivity index (χ2n) is 7.21. The van der Waals surface area contributed by atoms with Gasteiger partial charge in [-0.25, -0.2) is 4.98 Å². The van der Waals surface area contributed by atoms with Gasteiger partial charge in [0.2, 0.25) is 5.91 Å². The Balaban J connectivity index is 2.04. The normalized spacial score (nSPS) is 16.6. The monoisotopic (exact) mass is 339 g/mol. The van der Waals surface area contributed by atoms with Crippen LogP contribution in [0.25, 0.3) is 0 Å². The lowest BCUT2D eigenvalue weighted by atomic mass is 10.0. The molecule has 0 saturated carbocycles. The first-order valence-corrected chi connectivity index (χ1v) is 9.54. The van der Waals surface area contributed by atoms with E-state index in [1.54, 1.807) is 11.8 Å². The van der Waals surface area contributed by atoms with Gasteiger partial charge >= 0.3 is 0 Å². The minimum Gasteiger partial charge on any atom is -0.445 e. The number of carbonyl (C=O) groups is 1. The Hall–Kier alpha value is -1.01. The molecule has 1 aromatic rings. The highest BCUT2D eigenvalue weighted by Gasteiger charge is 2.36. The van der Waals surface area contributed by atoms with Crippen LogP contribution >= 0.6 is 11.8 Å². The summed E-state index contributed by atoms with van der Waals surface area (Å²) < 4.78 is 5.57. The molecule has 1 amide bonds. The van der Waals surface area contributed by atoms with Gasteiger partial charge in [0.05, 0.1) is 12.6 Å². The zero-order chi connectivity index (χ0) is 17.2. The van der Waals surface area contributed by atoms with Gasteiger partial charge in [0.25, 0.3) is 0 Å². The number of oxazole rings is 1. The van der Waals surface area contributed by atoms with Crippen LogP contribution in [-0.2, 0) is 24.2 Å². The van der Waals surface area contributed by atoms with E-state index in [1.807, 2.05) is 25.0 Å². The lowest BCUT2D eigenvalue weighted by Gasteiger charge is -2.34. The van der Waals surface area contributed by atoms with Crippen LogP contribution in [0, 0.1) is 5.92 Å². The summed E-state index contributed by atoms with van der Waals surface area (Å²) in [6.45, 7) is 9.57. The molecular formula is C17H29N3O2S. The van der Waals surface area contributed by atoms with Crippen molar-refractivity contribution in [3.8, 4) is 0 Å². The highest BCUT2D eigenvalue weighted by atomic mass is 32.2. The third-order valence-electron chi connectivity index (χ3n) is 4.56. The van der Waals surface area contributed by atoms with Gasteiger partial charge in [0, 0.05) is 24.1 Å². The van der Waals surface area contributed by atoms with E-state index in [9.17, 15) is 4.79 Å². The fourth-order valence-corrected chi connectivity index (χ4v) is 2.93. The second kappa shape index (κ2) is 7.26. The van der Waals surface area contributed by atoms with E-state index in [-0.39, 0.29) is 10.7 Å². The topological polar surface area (TPSA) is 72.4 Å². The van der Waals surface area contributed by atoms with E-state index in [0.717, 1.165) is 36.6 Å². The largest absolute Gasteiger partial charge is 0.445 e. The SMILES string of the molecule is CSC(C)(C)[C@H](N)C(=O)N1CCc2oc(CCC(C)C)nc2C1. The molecule has 0 bridgehead atoms. The van der Waals surface area contributed by atoms with Crippen molar-refractivity contribution in [3.63, 3.8) is 0 Å². The number of thioether (sulfide) groups is 1. The predicted molar refractivity (Wildman–Crippen MR) is 94.4 cm³/mol. The molecule has 0 unspecified atom stereocenters. The molecule has 1 atom stereocenters. The van der Waals surface area contributed by atoms with Crippen molar-refractivity contribution in [2.75, 3.05) is 12.8 Å². The van der Waals surface area contributed by atoms with Gasteiger partial charge in [0.15, 0.2) is 5.89 Å². The number of fused-ring (bicyclic) bond motifs is 1. The standard InChI is InChI=1S/C17H29N3O2S/c1-11(2)6-7-14-19-12-10-20(9-8-13(12)22-14)16(21)15(18)17(3,4)23-5/h11,15H,6-10,18H2,1-5H3/t15-/m1/s1. The van der Waals surface area contributed by atoms with Crippen LogP contribution in [-0.4, -0.2) is 39.4 Å². The number of hydrogen-bond donors (Lipinski definition) is 1. The molecule has 0 saturated heterocycles. The van der Waals surface area contributed by atoms with Crippen LogP contribution < -0.4 is 5.73 Å². The molecule has 1 aliphatic heterocycles. The molecule has 0 spiro atoms. The zero-order valence-corrected chi connectivity index (χ0v) is 15.7.